The van der Waals surface area contributed by atoms with Crippen molar-refractivity contribution in [2.45, 2.75) is 6.61 Å². The first-order chi connectivity index (χ1) is 10.5. The largest absolute Gasteiger partial charge is 0.487 e. The van der Waals surface area contributed by atoms with Crippen molar-refractivity contribution < 1.29 is 19.1 Å². The molecule has 0 amide bonds. The summed E-state index contributed by atoms with van der Waals surface area (Å²) >= 11 is 12.0. The summed E-state index contributed by atoms with van der Waals surface area (Å²) in [6.07, 6.45) is 0. The van der Waals surface area contributed by atoms with Crippen molar-refractivity contribution in [3.05, 3.63) is 56.1 Å². The van der Waals surface area contributed by atoms with Crippen LogP contribution in [0.25, 0.3) is 0 Å². The molecule has 22 heavy (non-hydrogen) atoms. The molecule has 8 heteroatoms. The Morgan fingerprint density at radius 2 is 2.00 bits per heavy atom. The molecule has 0 saturated carbocycles. The lowest BCUT2D eigenvalue weighted by Gasteiger charge is -2.09. The van der Waals surface area contributed by atoms with Crippen molar-refractivity contribution in [1.29, 1.82) is 0 Å². The molecule has 0 atom stereocenters. The summed E-state index contributed by atoms with van der Waals surface area (Å²) < 4.78 is 16.1. The van der Waals surface area contributed by atoms with E-state index in [-0.39, 0.29) is 24.1 Å². The maximum atomic E-state index is 10.7. The fourth-order valence-corrected chi connectivity index (χ4v) is 2.50. The molecule has 114 valence electrons. The normalized spacial score (nSPS) is 12.3. The third-order valence-corrected chi connectivity index (χ3v) is 3.58. The van der Waals surface area contributed by atoms with Gasteiger partial charge in [0.05, 0.1) is 15.0 Å². The van der Waals surface area contributed by atoms with Crippen molar-refractivity contribution in [2.24, 2.45) is 0 Å². The van der Waals surface area contributed by atoms with E-state index in [0.29, 0.717) is 22.3 Å². The number of rotatable bonds is 4. The standard InChI is InChI=1S/C14H9Cl2NO5/c15-10-5-9(17(18)19)1-2-12(10)20-6-8-3-11(16)14-13(4-8)21-7-22-14/h1-5H,6-7H2. The second-order valence-corrected chi connectivity index (χ2v) is 5.29. The first kappa shape index (κ1) is 14.7. The van der Waals surface area contributed by atoms with E-state index in [1.807, 2.05) is 0 Å². The minimum absolute atomic E-state index is 0.0940. The number of benzene rings is 2. The topological polar surface area (TPSA) is 70.8 Å². The zero-order chi connectivity index (χ0) is 15.7. The van der Waals surface area contributed by atoms with Crippen LogP contribution in [0.5, 0.6) is 17.2 Å². The molecule has 2 aromatic rings. The number of fused-ring (bicyclic) bond motifs is 1. The Kier molecular flexibility index (Phi) is 3.96. The molecular formula is C14H9Cl2NO5. The van der Waals surface area contributed by atoms with Crippen LogP contribution >= 0.6 is 23.2 Å². The molecule has 1 heterocycles. The Bertz CT molecular complexity index is 750. The highest BCUT2D eigenvalue weighted by atomic mass is 35.5. The maximum Gasteiger partial charge on any atom is 0.271 e. The first-order valence-corrected chi connectivity index (χ1v) is 6.95. The van der Waals surface area contributed by atoms with E-state index in [0.717, 1.165) is 5.56 Å². The Balaban J connectivity index is 1.76. The van der Waals surface area contributed by atoms with Gasteiger partial charge in [-0.1, -0.05) is 23.2 Å². The predicted octanol–water partition coefficient (Wildman–Crippen LogP) is 4.21. The van der Waals surface area contributed by atoms with E-state index in [1.165, 1.54) is 18.2 Å². The summed E-state index contributed by atoms with van der Waals surface area (Å²) in [5, 5.41) is 11.3. The second kappa shape index (κ2) is 5.90. The lowest BCUT2D eigenvalue weighted by Crippen LogP contribution is -1.97. The highest BCUT2D eigenvalue weighted by Crippen LogP contribution is 2.40. The maximum absolute atomic E-state index is 10.7. The van der Waals surface area contributed by atoms with E-state index in [2.05, 4.69) is 0 Å². The van der Waals surface area contributed by atoms with Gasteiger partial charge >= 0.3 is 0 Å². The summed E-state index contributed by atoms with van der Waals surface area (Å²) in [6.45, 7) is 0.321. The third kappa shape index (κ3) is 2.88. The van der Waals surface area contributed by atoms with Gasteiger partial charge in [-0.15, -0.1) is 0 Å². The highest BCUT2D eigenvalue weighted by Gasteiger charge is 2.18. The molecule has 0 unspecified atom stereocenters. The molecule has 0 aliphatic carbocycles. The monoisotopic (exact) mass is 341 g/mol. The van der Waals surface area contributed by atoms with Crippen LogP contribution in [0.1, 0.15) is 5.56 Å². The first-order valence-electron chi connectivity index (χ1n) is 6.19. The molecule has 6 nitrogen and oxygen atoms in total. The van der Waals surface area contributed by atoms with Crippen molar-refractivity contribution >= 4 is 28.9 Å². The summed E-state index contributed by atoms with van der Waals surface area (Å²) in [7, 11) is 0. The van der Waals surface area contributed by atoms with Crippen LogP contribution in [-0.4, -0.2) is 11.7 Å². The zero-order valence-corrected chi connectivity index (χ0v) is 12.6. The van der Waals surface area contributed by atoms with Gasteiger partial charge in [0.2, 0.25) is 6.79 Å². The molecule has 1 aliphatic rings. The van der Waals surface area contributed by atoms with Crippen LogP contribution in [0.2, 0.25) is 10.0 Å². The van der Waals surface area contributed by atoms with Crippen LogP contribution in [0, 0.1) is 10.1 Å². The second-order valence-electron chi connectivity index (χ2n) is 4.47. The average Bonchev–Trinajstić information content (AvgIpc) is 2.94. The molecule has 2 aromatic carbocycles. The minimum atomic E-state index is -0.521. The molecule has 0 spiro atoms. The minimum Gasteiger partial charge on any atom is -0.487 e. The zero-order valence-electron chi connectivity index (χ0n) is 11.0. The van der Waals surface area contributed by atoms with Gasteiger partial charge in [-0.05, 0) is 23.8 Å². The number of nitro benzene ring substituents is 1. The Hall–Kier alpha value is -2.18. The number of halogens is 2. The summed E-state index contributed by atoms with van der Waals surface area (Å²) in [5.41, 5.74) is 0.673. The predicted molar refractivity (Wildman–Crippen MR) is 80.0 cm³/mol. The summed E-state index contributed by atoms with van der Waals surface area (Å²) in [5.74, 6) is 1.42. The van der Waals surface area contributed by atoms with Crippen molar-refractivity contribution in [1.82, 2.24) is 0 Å². The van der Waals surface area contributed by atoms with Gasteiger partial charge in [0.1, 0.15) is 12.4 Å². The van der Waals surface area contributed by atoms with Crippen LogP contribution < -0.4 is 14.2 Å². The van der Waals surface area contributed by atoms with Crippen molar-refractivity contribution in [3.63, 3.8) is 0 Å². The van der Waals surface area contributed by atoms with E-state index in [1.54, 1.807) is 12.1 Å². The van der Waals surface area contributed by atoms with Crippen molar-refractivity contribution in [3.8, 4) is 17.2 Å². The van der Waals surface area contributed by atoms with Crippen LogP contribution in [0.4, 0.5) is 5.69 Å². The fraction of sp³-hybridized carbons (Fsp3) is 0.143. The van der Waals surface area contributed by atoms with Gasteiger partial charge in [-0.25, -0.2) is 0 Å². The van der Waals surface area contributed by atoms with E-state index in [9.17, 15) is 10.1 Å². The fourth-order valence-electron chi connectivity index (χ4n) is 1.99. The number of nitro groups is 1. The van der Waals surface area contributed by atoms with Crippen LogP contribution in [0.3, 0.4) is 0 Å². The van der Waals surface area contributed by atoms with E-state index < -0.39 is 4.92 Å². The lowest BCUT2D eigenvalue weighted by molar-refractivity contribution is -0.384. The Morgan fingerprint density at radius 3 is 2.73 bits per heavy atom. The van der Waals surface area contributed by atoms with E-state index >= 15 is 0 Å². The van der Waals surface area contributed by atoms with Crippen LogP contribution in [-0.2, 0) is 6.61 Å². The van der Waals surface area contributed by atoms with Crippen molar-refractivity contribution in [2.75, 3.05) is 6.79 Å². The van der Waals surface area contributed by atoms with Gasteiger partial charge in [-0.3, -0.25) is 10.1 Å². The number of nitrogens with zero attached hydrogens (tertiary/aromatic N) is 1. The number of ether oxygens (including phenoxy) is 3. The van der Waals surface area contributed by atoms with Gasteiger partial charge in [0.15, 0.2) is 11.5 Å². The van der Waals surface area contributed by atoms with Gasteiger partial charge in [0, 0.05) is 12.1 Å². The number of non-ortho nitro benzene ring substituents is 1. The molecule has 0 bridgehead atoms. The summed E-state index contributed by atoms with van der Waals surface area (Å²) in [6, 6.07) is 7.48. The SMILES string of the molecule is O=[N+]([O-])c1ccc(OCc2cc(Cl)c3c(c2)OCO3)c(Cl)c1. The lowest BCUT2D eigenvalue weighted by atomic mass is 10.2. The molecule has 0 N–H and O–H groups in total. The van der Waals surface area contributed by atoms with E-state index in [4.69, 9.17) is 37.4 Å². The molecule has 0 radical (unpaired) electrons. The average molecular weight is 342 g/mol. The smallest absolute Gasteiger partial charge is 0.271 e. The highest BCUT2D eigenvalue weighted by molar-refractivity contribution is 6.32. The number of hydrogen-bond acceptors (Lipinski definition) is 5. The molecule has 0 saturated heterocycles. The Labute approximate surface area is 135 Å². The molecule has 3 rings (SSSR count). The molecule has 1 aliphatic heterocycles. The van der Waals surface area contributed by atoms with Gasteiger partial charge in [0.25, 0.3) is 5.69 Å². The molecular weight excluding hydrogens is 333 g/mol. The van der Waals surface area contributed by atoms with Gasteiger partial charge < -0.3 is 14.2 Å². The number of hydrogen-bond donors (Lipinski definition) is 0. The van der Waals surface area contributed by atoms with Crippen LogP contribution in [0.15, 0.2) is 30.3 Å². The molecule has 0 aromatic heterocycles. The summed E-state index contributed by atoms with van der Waals surface area (Å²) in [4.78, 5) is 10.1. The third-order valence-electron chi connectivity index (χ3n) is 3.01. The molecule has 0 fully saturated rings. The quantitative estimate of drug-likeness (QED) is 0.615. The van der Waals surface area contributed by atoms with Gasteiger partial charge in [-0.2, -0.15) is 0 Å². The Morgan fingerprint density at radius 1 is 1.18 bits per heavy atom.